The largest absolute Gasteiger partial charge is 0.433 e. The minimum Gasteiger partial charge on any atom is -0.424 e. The number of aromatic nitrogens is 2. The van der Waals surface area contributed by atoms with Crippen molar-refractivity contribution in [2.75, 3.05) is 12.4 Å². The molecule has 0 radical (unpaired) electrons. The molecule has 4 nitrogen and oxygen atoms in total. The summed E-state index contributed by atoms with van der Waals surface area (Å²) in [6.07, 6.45) is -3.51. The lowest BCUT2D eigenvalue weighted by atomic mass is 10.3. The molecule has 0 atom stereocenters. The van der Waals surface area contributed by atoms with Crippen LogP contribution in [-0.4, -0.2) is 17.0 Å². The Bertz CT molecular complexity index is 555. The van der Waals surface area contributed by atoms with Gasteiger partial charge in [0.1, 0.15) is 5.75 Å². The molecule has 19 heavy (non-hydrogen) atoms. The molecule has 100 valence electrons. The third-order valence-corrected chi connectivity index (χ3v) is 2.28. The van der Waals surface area contributed by atoms with Gasteiger partial charge in [-0.3, -0.25) is 0 Å². The fraction of sp³-hybridized carbons (Fsp3) is 0.167. The van der Waals surface area contributed by atoms with Gasteiger partial charge < -0.3 is 10.1 Å². The smallest absolute Gasteiger partial charge is 0.424 e. The van der Waals surface area contributed by atoms with Gasteiger partial charge in [0, 0.05) is 18.9 Å². The molecule has 2 rings (SSSR count). The maximum Gasteiger partial charge on any atom is 0.433 e. The van der Waals surface area contributed by atoms with Crippen molar-refractivity contribution in [3.05, 3.63) is 42.2 Å². The lowest BCUT2D eigenvalue weighted by Crippen LogP contribution is -2.08. The van der Waals surface area contributed by atoms with Crippen LogP contribution in [0, 0.1) is 0 Å². The van der Waals surface area contributed by atoms with Gasteiger partial charge in [-0.15, -0.1) is 0 Å². The number of halogens is 3. The summed E-state index contributed by atoms with van der Waals surface area (Å²) in [6.45, 7) is 0. The number of benzene rings is 1. The summed E-state index contributed by atoms with van der Waals surface area (Å²) in [5, 5.41) is 2.91. The molecule has 7 heteroatoms. The Hall–Kier alpha value is -2.31. The first kappa shape index (κ1) is 13.1. The van der Waals surface area contributed by atoms with Gasteiger partial charge in [0.25, 0.3) is 0 Å². The third kappa shape index (κ3) is 3.34. The lowest BCUT2D eigenvalue weighted by molar-refractivity contribution is -0.141. The van der Waals surface area contributed by atoms with E-state index < -0.39 is 11.9 Å². The number of hydrogen-bond donors (Lipinski definition) is 1. The van der Waals surface area contributed by atoms with Crippen molar-refractivity contribution in [2.24, 2.45) is 0 Å². The van der Waals surface area contributed by atoms with Crippen molar-refractivity contribution < 1.29 is 17.9 Å². The van der Waals surface area contributed by atoms with E-state index >= 15 is 0 Å². The zero-order valence-electron chi connectivity index (χ0n) is 9.90. The summed E-state index contributed by atoms with van der Waals surface area (Å²) in [7, 11) is 1.76. The number of hydrogen-bond acceptors (Lipinski definition) is 4. The van der Waals surface area contributed by atoms with Crippen molar-refractivity contribution in [1.29, 1.82) is 0 Å². The summed E-state index contributed by atoms with van der Waals surface area (Å²) < 4.78 is 42.5. The van der Waals surface area contributed by atoms with Gasteiger partial charge in [0.05, 0.1) is 0 Å². The van der Waals surface area contributed by atoms with Gasteiger partial charge in [-0.25, -0.2) is 4.98 Å². The van der Waals surface area contributed by atoms with Crippen molar-refractivity contribution in [1.82, 2.24) is 9.97 Å². The predicted molar refractivity (Wildman–Crippen MR) is 63.1 cm³/mol. The van der Waals surface area contributed by atoms with E-state index in [1.807, 2.05) is 0 Å². The van der Waals surface area contributed by atoms with Gasteiger partial charge >= 0.3 is 12.2 Å². The normalized spacial score (nSPS) is 11.2. The second kappa shape index (κ2) is 5.13. The molecule has 2 aromatic rings. The average Bonchev–Trinajstić information content (AvgIpc) is 2.39. The highest BCUT2D eigenvalue weighted by Gasteiger charge is 2.33. The van der Waals surface area contributed by atoms with E-state index in [9.17, 15) is 13.2 Å². The Morgan fingerprint density at radius 2 is 1.79 bits per heavy atom. The first-order valence-corrected chi connectivity index (χ1v) is 5.35. The van der Waals surface area contributed by atoms with E-state index in [-0.39, 0.29) is 6.01 Å². The topological polar surface area (TPSA) is 47.0 Å². The predicted octanol–water partition coefficient (Wildman–Crippen LogP) is 3.33. The molecule has 0 aliphatic carbocycles. The molecule has 0 saturated heterocycles. The number of anilines is 1. The van der Waals surface area contributed by atoms with E-state index in [1.165, 1.54) is 0 Å². The van der Waals surface area contributed by atoms with Crippen LogP contribution in [0.5, 0.6) is 11.8 Å². The van der Waals surface area contributed by atoms with Crippen LogP contribution in [0.3, 0.4) is 0 Å². The number of ether oxygens (including phenoxy) is 1. The molecule has 0 aliphatic heterocycles. The maximum absolute atomic E-state index is 12.5. The van der Waals surface area contributed by atoms with Crippen LogP contribution >= 0.6 is 0 Å². The average molecular weight is 269 g/mol. The first-order chi connectivity index (χ1) is 8.99. The second-order valence-corrected chi connectivity index (χ2v) is 3.60. The second-order valence-electron chi connectivity index (χ2n) is 3.60. The SMILES string of the molecule is CNc1ccc(Oc2nccc(C(F)(F)F)n2)cc1. The summed E-state index contributed by atoms with van der Waals surface area (Å²) in [6, 6.07) is 7.11. The van der Waals surface area contributed by atoms with E-state index in [0.717, 1.165) is 18.0 Å². The van der Waals surface area contributed by atoms with E-state index in [1.54, 1.807) is 31.3 Å². The Morgan fingerprint density at radius 3 is 2.37 bits per heavy atom. The van der Waals surface area contributed by atoms with Gasteiger partial charge in [-0.05, 0) is 30.3 Å². The Labute approximate surface area is 107 Å². The van der Waals surface area contributed by atoms with E-state index in [2.05, 4.69) is 15.3 Å². The molecule has 1 N–H and O–H groups in total. The van der Waals surface area contributed by atoms with Crippen LogP contribution in [0.2, 0.25) is 0 Å². The molecule has 0 saturated carbocycles. The van der Waals surface area contributed by atoms with Crippen LogP contribution < -0.4 is 10.1 Å². The molecule has 0 amide bonds. The van der Waals surface area contributed by atoms with Crippen molar-refractivity contribution in [3.8, 4) is 11.8 Å². The van der Waals surface area contributed by atoms with Crippen molar-refractivity contribution in [2.45, 2.75) is 6.18 Å². The number of rotatable bonds is 3. The molecular weight excluding hydrogens is 259 g/mol. The number of nitrogens with zero attached hydrogens (tertiary/aromatic N) is 2. The van der Waals surface area contributed by atoms with Gasteiger partial charge in [-0.2, -0.15) is 18.2 Å². The Kier molecular flexibility index (Phi) is 3.55. The van der Waals surface area contributed by atoms with Gasteiger partial charge in [0.2, 0.25) is 0 Å². The minimum atomic E-state index is -4.52. The zero-order chi connectivity index (χ0) is 13.9. The minimum absolute atomic E-state index is 0.341. The summed E-state index contributed by atoms with van der Waals surface area (Å²) in [5.41, 5.74) is -0.179. The monoisotopic (exact) mass is 269 g/mol. The quantitative estimate of drug-likeness (QED) is 0.928. The van der Waals surface area contributed by atoms with Crippen LogP contribution in [-0.2, 0) is 6.18 Å². The van der Waals surface area contributed by atoms with Gasteiger partial charge in [0.15, 0.2) is 5.69 Å². The molecule has 1 aromatic carbocycles. The zero-order valence-corrected chi connectivity index (χ0v) is 9.90. The third-order valence-electron chi connectivity index (χ3n) is 2.28. The molecule has 0 unspecified atom stereocenters. The number of nitrogens with one attached hydrogen (secondary N) is 1. The summed E-state index contributed by atoms with van der Waals surface area (Å²) >= 11 is 0. The molecule has 0 spiro atoms. The first-order valence-electron chi connectivity index (χ1n) is 5.35. The molecule has 1 heterocycles. The molecule has 0 bridgehead atoms. The van der Waals surface area contributed by atoms with Crippen molar-refractivity contribution >= 4 is 5.69 Å². The lowest BCUT2D eigenvalue weighted by Gasteiger charge is -2.08. The van der Waals surface area contributed by atoms with Crippen LogP contribution in [0.1, 0.15) is 5.69 Å². The Balaban J connectivity index is 2.18. The van der Waals surface area contributed by atoms with E-state index in [0.29, 0.717) is 5.75 Å². The van der Waals surface area contributed by atoms with Crippen LogP contribution in [0.15, 0.2) is 36.5 Å². The fourth-order valence-corrected chi connectivity index (χ4v) is 1.34. The fourth-order valence-electron chi connectivity index (χ4n) is 1.34. The maximum atomic E-state index is 12.5. The van der Waals surface area contributed by atoms with Crippen LogP contribution in [0.4, 0.5) is 18.9 Å². The highest BCUT2D eigenvalue weighted by atomic mass is 19.4. The van der Waals surface area contributed by atoms with Crippen molar-refractivity contribution in [3.63, 3.8) is 0 Å². The molecule has 0 fully saturated rings. The standard InChI is InChI=1S/C12H10F3N3O/c1-16-8-2-4-9(5-3-8)19-11-17-7-6-10(18-11)12(13,14)15/h2-7,16H,1H3. The van der Waals surface area contributed by atoms with Gasteiger partial charge in [-0.1, -0.05) is 0 Å². The molecule has 1 aromatic heterocycles. The van der Waals surface area contributed by atoms with Crippen LogP contribution in [0.25, 0.3) is 0 Å². The Morgan fingerprint density at radius 1 is 1.11 bits per heavy atom. The molecular formula is C12H10F3N3O. The van der Waals surface area contributed by atoms with E-state index in [4.69, 9.17) is 4.74 Å². The summed E-state index contributed by atoms with van der Waals surface area (Å²) in [4.78, 5) is 6.95. The summed E-state index contributed by atoms with van der Waals surface area (Å²) in [5.74, 6) is 0.360. The molecule has 0 aliphatic rings. The number of alkyl halides is 3. The highest BCUT2D eigenvalue weighted by molar-refractivity contribution is 5.46. The highest BCUT2D eigenvalue weighted by Crippen LogP contribution is 2.29.